The van der Waals surface area contributed by atoms with Gasteiger partial charge < -0.3 is 15.4 Å². The van der Waals surface area contributed by atoms with Gasteiger partial charge in [0.25, 0.3) is 0 Å². The molecule has 16 heavy (non-hydrogen) atoms. The average Bonchev–Trinajstić information content (AvgIpc) is 2.69. The number of nitrogens with two attached hydrogens (primary N) is 1. The van der Waals surface area contributed by atoms with Gasteiger partial charge in [-0.25, -0.2) is 0 Å². The molecule has 0 saturated carbocycles. The summed E-state index contributed by atoms with van der Waals surface area (Å²) in [4.78, 5) is 13.8. The summed E-state index contributed by atoms with van der Waals surface area (Å²) in [6.45, 7) is 6.54. The minimum absolute atomic E-state index is 0. The lowest BCUT2D eigenvalue weighted by atomic mass is 9.91. The summed E-state index contributed by atoms with van der Waals surface area (Å²) in [6, 6.07) is 0. The van der Waals surface area contributed by atoms with Gasteiger partial charge in [-0.2, -0.15) is 0 Å². The van der Waals surface area contributed by atoms with Crippen molar-refractivity contribution in [1.82, 2.24) is 4.90 Å². The van der Waals surface area contributed by atoms with Crippen LogP contribution in [0.4, 0.5) is 0 Å². The van der Waals surface area contributed by atoms with E-state index < -0.39 is 5.41 Å². The number of carbonyl (C=O) groups is 1. The molecule has 0 aliphatic carbocycles. The third kappa shape index (κ3) is 3.92. The van der Waals surface area contributed by atoms with Crippen molar-refractivity contribution in [3.8, 4) is 0 Å². The first-order valence-corrected chi connectivity index (χ1v) is 5.51. The van der Waals surface area contributed by atoms with Gasteiger partial charge in [-0.05, 0) is 20.3 Å². The summed E-state index contributed by atoms with van der Waals surface area (Å²) in [6.07, 6.45) is 1.06. The molecular weight excluding hydrogens is 228 g/mol. The van der Waals surface area contributed by atoms with Crippen LogP contribution < -0.4 is 5.73 Å². The molecule has 0 radical (unpaired) electrons. The molecule has 1 atom stereocenters. The van der Waals surface area contributed by atoms with Crippen LogP contribution in [0.15, 0.2) is 0 Å². The Labute approximate surface area is 104 Å². The van der Waals surface area contributed by atoms with Gasteiger partial charge >= 0.3 is 0 Å². The smallest absolute Gasteiger partial charge is 0.229 e. The molecular formula is C11H23ClN2O2. The Bertz CT molecular complexity index is 228. The van der Waals surface area contributed by atoms with Gasteiger partial charge in [-0.1, -0.05) is 0 Å². The van der Waals surface area contributed by atoms with E-state index in [0.29, 0.717) is 12.5 Å². The number of ether oxygens (including phenoxy) is 1. The highest BCUT2D eigenvalue weighted by atomic mass is 35.5. The van der Waals surface area contributed by atoms with Crippen LogP contribution in [0.2, 0.25) is 0 Å². The maximum atomic E-state index is 12.0. The van der Waals surface area contributed by atoms with E-state index in [2.05, 4.69) is 0 Å². The molecule has 1 aliphatic rings. The van der Waals surface area contributed by atoms with Crippen molar-refractivity contribution in [3.05, 3.63) is 0 Å². The van der Waals surface area contributed by atoms with Crippen LogP contribution >= 0.6 is 12.4 Å². The van der Waals surface area contributed by atoms with Crippen molar-refractivity contribution in [1.29, 1.82) is 0 Å². The fourth-order valence-corrected chi connectivity index (χ4v) is 1.80. The van der Waals surface area contributed by atoms with E-state index in [1.807, 2.05) is 20.9 Å². The Balaban J connectivity index is 0.00000225. The molecule has 1 rings (SSSR count). The number of hydrogen-bond acceptors (Lipinski definition) is 3. The fraction of sp³-hybridized carbons (Fsp3) is 0.909. The number of nitrogens with zero attached hydrogens (tertiary/aromatic N) is 1. The number of amides is 1. The van der Waals surface area contributed by atoms with E-state index in [9.17, 15) is 4.79 Å². The molecule has 0 spiro atoms. The number of carbonyl (C=O) groups excluding carboxylic acids is 1. The summed E-state index contributed by atoms with van der Waals surface area (Å²) >= 11 is 0. The van der Waals surface area contributed by atoms with Gasteiger partial charge in [0, 0.05) is 32.7 Å². The maximum Gasteiger partial charge on any atom is 0.229 e. The lowest BCUT2D eigenvalue weighted by molar-refractivity contribution is -0.139. The first-order valence-electron chi connectivity index (χ1n) is 5.51. The molecule has 0 bridgehead atoms. The predicted octanol–water partition coefficient (Wildman–Crippen LogP) is 0.888. The monoisotopic (exact) mass is 250 g/mol. The molecule has 1 fully saturated rings. The second-order valence-electron chi connectivity index (χ2n) is 5.00. The van der Waals surface area contributed by atoms with Gasteiger partial charge in [0.05, 0.1) is 12.0 Å². The molecule has 1 aliphatic heterocycles. The molecule has 1 saturated heterocycles. The Kier molecular flexibility index (Phi) is 6.30. The highest BCUT2D eigenvalue weighted by Crippen LogP contribution is 2.19. The SMILES string of the molecule is CN(CC1CCOC1)C(=O)C(C)(C)CN.Cl. The zero-order chi connectivity index (χ0) is 11.5. The second kappa shape index (κ2) is 6.42. The van der Waals surface area contributed by atoms with E-state index in [4.69, 9.17) is 10.5 Å². The van der Waals surface area contributed by atoms with Crippen LogP contribution in [0, 0.1) is 11.3 Å². The summed E-state index contributed by atoms with van der Waals surface area (Å²) in [5, 5.41) is 0. The fourth-order valence-electron chi connectivity index (χ4n) is 1.80. The zero-order valence-corrected chi connectivity index (χ0v) is 11.2. The molecule has 0 aromatic carbocycles. The summed E-state index contributed by atoms with van der Waals surface area (Å²) in [7, 11) is 1.85. The normalized spacial score (nSPS) is 20.4. The molecule has 4 nitrogen and oxygen atoms in total. The molecule has 1 amide bonds. The first kappa shape index (κ1) is 15.7. The Morgan fingerprint density at radius 2 is 2.19 bits per heavy atom. The van der Waals surface area contributed by atoms with E-state index >= 15 is 0 Å². The zero-order valence-electron chi connectivity index (χ0n) is 10.4. The summed E-state index contributed by atoms with van der Waals surface area (Å²) < 4.78 is 5.29. The average molecular weight is 251 g/mol. The molecule has 1 unspecified atom stereocenters. The number of hydrogen-bond donors (Lipinski definition) is 1. The third-order valence-corrected chi connectivity index (χ3v) is 2.99. The summed E-state index contributed by atoms with van der Waals surface area (Å²) in [5.41, 5.74) is 5.13. The molecule has 2 N–H and O–H groups in total. The third-order valence-electron chi connectivity index (χ3n) is 2.99. The van der Waals surface area contributed by atoms with E-state index in [0.717, 1.165) is 26.2 Å². The highest BCUT2D eigenvalue weighted by molar-refractivity contribution is 5.85. The van der Waals surface area contributed by atoms with Crippen molar-refractivity contribution in [2.75, 3.05) is 33.4 Å². The Morgan fingerprint density at radius 1 is 1.56 bits per heavy atom. The van der Waals surface area contributed by atoms with Gasteiger partial charge in [0.1, 0.15) is 0 Å². The van der Waals surface area contributed by atoms with Crippen LogP contribution in [-0.2, 0) is 9.53 Å². The molecule has 96 valence electrons. The second-order valence-corrected chi connectivity index (χ2v) is 5.00. The topological polar surface area (TPSA) is 55.6 Å². The van der Waals surface area contributed by atoms with Crippen LogP contribution in [0.1, 0.15) is 20.3 Å². The van der Waals surface area contributed by atoms with Crippen LogP contribution in [-0.4, -0.2) is 44.2 Å². The Morgan fingerprint density at radius 3 is 2.62 bits per heavy atom. The van der Waals surface area contributed by atoms with Crippen molar-refractivity contribution in [3.63, 3.8) is 0 Å². The van der Waals surface area contributed by atoms with Crippen LogP contribution in [0.3, 0.4) is 0 Å². The van der Waals surface area contributed by atoms with E-state index in [1.165, 1.54) is 0 Å². The highest BCUT2D eigenvalue weighted by Gasteiger charge is 2.30. The molecule has 1 heterocycles. The molecule has 0 aromatic rings. The van der Waals surface area contributed by atoms with Gasteiger partial charge in [0.2, 0.25) is 5.91 Å². The lowest BCUT2D eigenvalue weighted by Crippen LogP contribution is -2.44. The number of rotatable bonds is 4. The van der Waals surface area contributed by atoms with Gasteiger partial charge in [-0.3, -0.25) is 4.79 Å². The molecule has 5 heteroatoms. The van der Waals surface area contributed by atoms with Gasteiger partial charge in [-0.15, -0.1) is 12.4 Å². The Hall–Kier alpha value is -0.320. The summed E-state index contributed by atoms with van der Waals surface area (Å²) in [5.74, 6) is 0.615. The van der Waals surface area contributed by atoms with Crippen molar-refractivity contribution in [2.45, 2.75) is 20.3 Å². The van der Waals surface area contributed by atoms with E-state index in [1.54, 1.807) is 4.90 Å². The van der Waals surface area contributed by atoms with Crippen LogP contribution in [0.25, 0.3) is 0 Å². The minimum atomic E-state index is -0.450. The first-order chi connectivity index (χ1) is 6.97. The standard InChI is InChI=1S/C11H22N2O2.ClH/c1-11(2,8-12)10(14)13(3)6-9-4-5-15-7-9;/h9H,4-8,12H2,1-3H3;1H. The number of halogens is 1. The van der Waals surface area contributed by atoms with Gasteiger partial charge in [0.15, 0.2) is 0 Å². The predicted molar refractivity (Wildman–Crippen MR) is 66.6 cm³/mol. The largest absolute Gasteiger partial charge is 0.381 e. The van der Waals surface area contributed by atoms with Crippen LogP contribution in [0.5, 0.6) is 0 Å². The maximum absolute atomic E-state index is 12.0. The van der Waals surface area contributed by atoms with Crippen molar-refractivity contribution < 1.29 is 9.53 Å². The lowest BCUT2D eigenvalue weighted by Gasteiger charge is -2.29. The van der Waals surface area contributed by atoms with E-state index in [-0.39, 0.29) is 18.3 Å². The molecule has 0 aromatic heterocycles. The van der Waals surface area contributed by atoms with Crippen molar-refractivity contribution in [2.24, 2.45) is 17.1 Å². The van der Waals surface area contributed by atoms with Crippen molar-refractivity contribution >= 4 is 18.3 Å². The minimum Gasteiger partial charge on any atom is -0.381 e. The quantitative estimate of drug-likeness (QED) is 0.806.